The maximum Gasteiger partial charge on any atom is 0.0585 e. The minimum Gasteiger partial charge on any atom is -0.254 e. The number of rotatable bonds is 3. The normalized spacial score (nSPS) is 12.3. The van der Waals surface area contributed by atoms with Crippen LogP contribution in [0, 0.1) is 0 Å². The first kappa shape index (κ1) is 11.6. The van der Waals surface area contributed by atoms with Gasteiger partial charge >= 0.3 is 0 Å². The molecule has 1 unspecified atom stereocenters. The Labute approximate surface area is 106 Å². The van der Waals surface area contributed by atoms with Crippen LogP contribution in [0.3, 0.4) is 0 Å². The fraction of sp³-hybridized carbons (Fsp3) is 0.0769. The lowest BCUT2D eigenvalue weighted by Gasteiger charge is -2.04. The molecule has 0 aliphatic heterocycles. The zero-order valence-electron chi connectivity index (χ0n) is 8.60. The molecule has 2 aromatic rings. The van der Waals surface area contributed by atoms with Gasteiger partial charge in [0.1, 0.15) is 0 Å². The summed E-state index contributed by atoms with van der Waals surface area (Å²) in [5.41, 5.74) is 1.09. The van der Waals surface area contributed by atoms with E-state index in [2.05, 4.69) is 15.9 Å². The molecule has 0 saturated carbocycles. The molecular formula is C13H11BrOS. The van der Waals surface area contributed by atoms with Crippen LogP contribution >= 0.6 is 15.9 Å². The smallest absolute Gasteiger partial charge is 0.0585 e. The molecular weight excluding hydrogens is 284 g/mol. The summed E-state index contributed by atoms with van der Waals surface area (Å²) in [6, 6.07) is 17.5. The van der Waals surface area contributed by atoms with Gasteiger partial charge in [-0.2, -0.15) is 0 Å². The first-order valence-electron chi connectivity index (χ1n) is 4.94. The maximum absolute atomic E-state index is 12.1. The van der Waals surface area contributed by atoms with Crippen LogP contribution in [-0.2, 0) is 16.6 Å². The molecule has 3 heteroatoms. The second-order valence-corrected chi connectivity index (χ2v) is 5.68. The Morgan fingerprint density at radius 2 is 1.56 bits per heavy atom. The van der Waals surface area contributed by atoms with Crippen molar-refractivity contribution < 1.29 is 4.21 Å². The van der Waals surface area contributed by atoms with E-state index in [-0.39, 0.29) is 0 Å². The van der Waals surface area contributed by atoms with Gasteiger partial charge in [-0.25, -0.2) is 0 Å². The predicted molar refractivity (Wildman–Crippen MR) is 70.7 cm³/mol. The van der Waals surface area contributed by atoms with E-state index in [9.17, 15) is 4.21 Å². The van der Waals surface area contributed by atoms with Crippen LogP contribution in [0.15, 0.2) is 64.0 Å². The van der Waals surface area contributed by atoms with E-state index in [1.165, 1.54) is 0 Å². The molecule has 0 aliphatic rings. The highest BCUT2D eigenvalue weighted by atomic mass is 79.9. The molecule has 0 aliphatic carbocycles. The van der Waals surface area contributed by atoms with E-state index >= 15 is 0 Å². The van der Waals surface area contributed by atoms with Gasteiger partial charge in [0.2, 0.25) is 0 Å². The van der Waals surface area contributed by atoms with Gasteiger partial charge in [0.05, 0.1) is 21.4 Å². The lowest BCUT2D eigenvalue weighted by molar-refractivity contribution is 0.682. The van der Waals surface area contributed by atoms with Crippen molar-refractivity contribution in [1.29, 1.82) is 0 Å². The Morgan fingerprint density at radius 3 is 2.25 bits per heavy atom. The Morgan fingerprint density at radius 1 is 0.938 bits per heavy atom. The van der Waals surface area contributed by atoms with Crippen molar-refractivity contribution in [1.82, 2.24) is 0 Å². The van der Waals surface area contributed by atoms with Gasteiger partial charge in [0.15, 0.2) is 0 Å². The lowest BCUT2D eigenvalue weighted by atomic mass is 10.2. The Kier molecular flexibility index (Phi) is 3.91. The fourth-order valence-electron chi connectivity index (χ4n) is 1.43. The summed E-state index contributed by atoms with van der Waals surface area (Å²) >= 11 is 3.42. The van der Waals surface area contributed by atoms with Crippen LogP contribution in [0.25, 0.3) is 0 Å². The predicted octanol–water partition coefficient (Wildman–Crippen LogP) is 3.76. The number of halogens is 1. The van der Waals surface area contributed by atoms with Gasteiger partial charge in [-0.05, 0) is 33.6 Å². The fourth-order valence-corrected chi connectivity index (χ4v) is 3.43. The maximum atomic E-state index is 12.1. The molecule has 1 nitrogen and oxygen atoms in total. The van der Waals surface area contributed by atoms with E-state index in [4.69, 9.17) is 0 Å². The summed E-state index contributed by atoms with van der Waals surface area (Å²) < 4.78 is 13.0. The van der Waals surface area contributed by atoms with Crippen LogP contribution in [0.5, 0.6) is 0 Å². The zero-order chi connectivity index (χ0) is 11.4. The highest BCUT2D eigenvalue weighted by molar-refractivity contribution is 9.10. The standard InChI is InChI=1S/C13H11BrOS/c14-12-8-4-5-9-13(12)16(15)10-11-6-2-1-3-7-11/h1-9H,10H2. The molecule has 0 N–H and O–H groups in total. The summed E-state index contributed by atoms with van der Waals surface area (Å²) in [4.78, 5) is 0.853. The van der Waals surface area contributed by atoms with Gasteiger partial charge in [0, 0.05) is 4.47 Å². The average Bonchev–Trinajstić information content (AvgIpc) is 2.31. The van der Waals surface area contributed by atoms with E-state index < -0.39 is 10.8 Å². The summed E-state index contributed by atoms with van der Waals surface area (Å²) in [7, 11) is -0.993. The van der Waals surface area contributed by atoms with Gasteiger partial charge in [-0.3, -0.25) is 4.21 Å². The highest BCUT2D eigenvalue weighted by Crippen LogP contribution is 2.21. The second kappa shape index (κ2) is 5.41. The molecule has 0 amide bonds. The number of hydrogen-bond donors (Lipinski definition) is 0. The highest BCUT2D eigenvalue weighted by Gasteiger charge is 2.07. The third kappa shape index (κ3) is 2.80. The molecule has 0 bridgehead atoms. The van der Waals surface area contributed by atoms with Crippen molar-refractivity contribution in [2.75, 3.05) is 0 Å². The quantitative estimate of drug-likeness (QED) is 0.842. The Bertz CT molecular complexity index is 496. The van der Waals surface area contributed by atoms with E-state index in [0.29, 0.717) is 5.75 Å². The number of hydrogen-bond acceptors (Lipinski definition) is 1. The summed E-state index contributed by atoms with van der Waals surface area (Å²) in [5, 5.41) is 0. The lowest BCUT2D eigenvalue weighted by Crippen LogP contribution is -1.96. The van der Waals surface area contributed by atoms with Gasteiger partial charge in [-0.1, -0.05) is 42.5 Å². The van der Waals surface area contributed by atoms with Gasteiger partial charge in [0.25, 0.3) is 0 Å². The minimum absolute atomic E-state index is 0.559. The molecule has 82 valence electrons. The molecule has 0 aromatic heterocycles. The van der Waals surface area contributed by atoms with Crippen molar-refractivity contribution in [3.8, 4) is 0 Å². The molecule has 2 aromatic carbocycles. The van der Waals surface area contributed by atoms with Crippen molar-refractivity contribution in [2.45, 2.75) is 10.6 Å². The third-order valence-electron chi connectivity index (χ3n) is 2.22. The minimum atomic E-state index is -0.993. The van der Waals surface area contributed by atoms with E-state index in [1.54, 1.807) is 0 Å². The molecule has 0 saturated heterocycles. The van der Waals surface area contributed by atoms with Crippen molar-refractivity contribution in [3.05, 3.63) is 64.6 Å². The second-order valence-electron chi connectivity index (χ2n) is 3.41. The summed E-state index contributed by atoms with van der Waals surface area (Å²) in [6.07, 6.45) is 0. The SMILES string of the molecule is O=S(Cc1ccccc1)c1ccccc1Br. The summed E-state index contributed by atoms with van der Waals surface area (Å²) in [6.45, 7) is 0. The van der Waals surface area contributed by atoms with Crippen molar-refractivity contribution in [2.24, 2.45) is 0 Å². The van der Waals surface area contributed by atoms with Crippen LogP contribution in [0.2, 0.25) is 0 Å². The Balaban J connectivity index is 2.19. The average molecular weight is 295 g/mol. The van der Waals surface area contributed by atoms with Gasteiger partial charge in [-0.15, -0.1) is 0 Å². The molecule has 0 radical (unpaired) electrons. The molecule has 0 spiro atoms. The number of benzene rings is 2. The molecule has 0 heterocycles. The molecule has 1 atom stereocenters. The van der Waals surface area contributed by atoms with E-state index in [0.717, 1.165) is 14.9 Å². The monoisotopic (exact) mass is 294 g/mol. The third-order valence-corrected chi connectivity index (χ3v) is 4.62. The van der Waals surface area contributed by atoms with Crippen LogP contribution in [0.1, 0.15) is 5.56 Å². The summed E-state index contributed by atoms with van der Waals surface area (Å²) in [5.74, 6) is 0.559. The Hall–Kier alpha value is -0.930. The zero-order valence-corrected chi connectivity index (χ0v) is 11.0. The van der Waals surface area contributed by atoms with E-state index in [1.807, 2.05) is 54.6 Å². The molecule has 0 fully saturated rings. The van der Waals surface area contributed by atoms with Crippen LogP contribution in [-0.4, -0.2) is 4.21 Å². The first-order valence-corrected chi connectivity index (χ1v) is 7.05. The van der Waals surface area contributed by atoms with Crippen LogP contribution in [0.4, 0.5) is 0 Å². The van der Waals surface area contributed by atoms with Crippen LogP contribution < -0.4 is 0 Å². The molecule has 2 rings (SSSR count). The van der Waals surface area contributed by atoms with Gasteiger partial charge < -0.3 is 0 Å². The largest absolute Gasteiger partial charge is 0.254 e. The topological polar surface area (TPSA) is 17.1 Å². The molecule has 16 heavy (non-hydrogen) atoms. The van der Waals surface area contributed by atoms with Crippen molar-refractivity contribution >= 4 is 26.7 Å². The van der Waals surface area contributed by atoms with Crippen molar-refractivity contribution in [3.63, 3.8) is 0 Å². The first-order chi connectivity index (χ1) is 7.77.